The Morgan fingerprint density at radius 1 is 1.15 bits per heavy atom. The number of hydrogen-bond acceptors (Lipinski definition) is 1. The zero-order valence-electron chi connectivity index (χ0n) is 8.94. The molecule has 0 bridgehead atoms. The van der Waals surface area contributed by atoms with Crippen molar-refractivity contribution in [2.45, 2.75) is 58.8 Å². The fraction of sp³-hybridized carbons (Fsp3) is 0.818. The maximum Gasteiger partial charge on any atom is 0.220 e. The van der Waals surface area contributed by atoms with E-state index in [4.69, 9.17) is 0 Å². The SMILES string of the molecule is C[CH]NC(=O)CCCCCCCC. The van der Waals surface area contributed by atoms with Gasteiger partial charge >= 0.3 is 0 Å². The molecule has 0 aliphatic rings. The van der Waals surface area contributed by atoms with Gasteiger partial charge in [-0.05, 0) is 13.3 Å². The van der Waals surface area contributed by atoms with Gasteiger partial charge in [-0.15, -0.1) is 0 Å². The average molecular weight is 184 g/mol. The van der Waals surface area contributed by atoms with Crippen molar-refractivity contribution < 1.29 is 4.79 Å². The molecule has 13 heavy (non-hydrogen) atoms. The third-order valence-corrected chi connectivity index (χ3v) is 2.06. The van der Waals surface area contributed by atoms with E-state index in [1.54, 1.807) is 6.54 Å². The van der Waals surface area contributed by atoms with Gasteiger partial charge in [-0.25, -0.2) is 0 Å². The number of rotatable bonds is 8. The van der Waals surface area contributed by atoms with Crippen molar-refractivity contribution in [1.82, 2.24) is 5.32 Å². The van der Waals surface area contributed by atoms with E-state index < -0.39 is 0 Å². The maximum atomic E-state index is 11.0. The van der Waals surface area contributed by atoms with Crippen molar-refractivity contribution in [2.24, 2.45) is 0 Å². The number of hydrogen-bond donors (Lipinski definition) is 1. The first-order valence-corrected chi connectivity index (χ1v) is 5.38. The molecule has 77 valence electrons. The molecule has 0 unspecified atom stereocenters. The molecule has 2 heteroatoms. The van der Waals surface area contributed by atoms with Crippen molar-refractivity contribution in [3.05, 3.63) is 6.54 Å². The summed E-state index contributed by atoms with van der Waals surface area (Å²) in [5.41, 5.74) is 0. The Hall–Kier alpha value is -0.530. The molecule has 2 nitrogen and oxygen atoms in total. The van der Waals surface area contributed by atoms with Crippen molar-refractivity contribution in [1.29, 1.82) is 0 Å². The lowest BCUT2D eigenvalue weighted by molar-refractivity contribution is -0.120. The number of unbranched alkanes of at least 4 members (excludes halogenated alkanes) is 5. The summed E-state index contributed by atoms with van der Waals surface area (Å²) in [6.07, 6.45) is 8.10. The number of carbonyl (C=O) groups is 1. The normalized spacial score (nSPS) is 10.0. The second-order valence-electron chi connectivity index (χ2n) is 3.37. The molecule has 0 aliphatic heterocycles. The predicted molar refractivity (Wildman–Crippen MR) is 56.1 cm³/mol. The summed E-state index contributed by atoms with van der Waals surface area (Å²) >= 11 is 0. The van der Waals surface area contributed by atoms with Crippen LogP contribution in [0.15, 0.2) is 0 Å². The summed E-state index contributed by atoms with van der Waals surface area (Å²) in [5.74, 6) is 0.151. The summed E-state index contributed by atoms with van der Waals surface area (Å²) in [5, 5.41) is 2.68. The van der Waals surface area contributed by atoms with Gasteiger partial charge in [0, 0.05) is 13.0 Å². The van der Waals surface area contributed by atoms with E-state index in [-0.39, 0.29) is 5.91 Å². The van der Waals surface area contributed by atoms with Crippen LogP contribution in [0, 0.1) is 6.54 Å². The van der Waals surface area contributed by atoms with Crippen LogP contribution in [0.2, 0.25) is 0 Å². The second-order valence-corrected chi connectivity index (χ2v) is 3.37. The molecule has 0 aromatic carbocycles. The molecule has 1 radical (unpaired) electrons. The Bertz CT molecular complexity index is 123. The lowest BCUT2D eigenvalue weighted by atomic mass is 10.1. The zero-order valence-corrected chi connectivity index (χ0v) is 8.94. The standard InChI is InChI=1S/C11H22NO/c1-3-5-6-7-8-9-10-11(13)12-4-2/h4H,3,5-10H2,1-2H3,(H,12,13). The molecule has 0 saturated carbocycles. The van der Waals surface area contributed by atoms with E-state index in [1.807, 2.05) is 6.92 Å². The largest absolute Gasteiger partial charge is 0.352 e. The topological polar surface area (TPSA) is 29.1 Å². The van der Waals surface area contributed by atoms with Crippen LogP contribution in [0.1, 0.15) is 58.8 Å². The Morgan fingerprint density at radius 3 is 2.38 bits per heavy atom. The first-order chi connectivity index (χ1) is 6.31. The van der Waals surface area contributed by atoms with Crippen LogP contribution >= 0.6 is 0 Å². The van der Waals surface area contributed by atoms with Gasteiger partial charge in [0.05, 0.1) is 0 Å². The molecule has 0 spiro atoms. The predicted octanol–water partition coefficient (Wildman–Crippen LogP) is 3.03. The average Bonchev–Trinajstić information content (AvgIpc) is 2.11. The monoisotopic (exact) mass is 184 g/mol. The van der Waals surface area contributed by atoms with E-state index in [0.717, 1.165) is 6.42 Å². The number of amides is 1. The quantitative estimate of drug-likeness (QED) is 0.577. The molecular weight excluding hydrogens is 162 g/mol. The molecule has 0 fully saturated rings. The fourth-order valence-electron chi connectivity index (χ4n) is 1.30. The molecule has 1 amide bonds. The summed E-state index contributed by atoms with van der Waals surface area (Å²) in [6, 6.07) is 0. The molecule has 0 aromatic heterocycles. The van der Waals surface area contributed by atoms with Gasteiger partial charge in [0.2, 0.25) is 5.91 Å². The van der Waals surface area contributed by atoms with Crippen LogP contribution in [-0.4, -0.2) is 5.91 Å². The van der Waals surface area contributed by atoms with E-state index in [1.165, 1.54) is 32.1 Å². The van der Waals surface area contributed by atoms with Crippen LogP contribution in [0.3, 0.4) is 0 Å². The van der Waals surface area contributed by atoms with Gasteiger partial charge in [0.1, 0.15) is 0 Å². The van der Waals surface area contributed by atoms with Crippen molar-refractivity contribution in [2.75, 3.05) is 0 Å². The molecule has 0 heterocycles. The van der Waals surface area contributed by atoms with Crippen molar-refractivity contribution in [3.8, 4) is 0 Å². The highest BCUT2D eigenvalue weighted by Crippen LogP contribution is 2.06. The van der Waals surface area contributed by atoms with Gasteiger partial charge in [-0.3, -0.25) is 4.79 Å². The number of nitrogens with one attached hydrogen (secondary N) is 1. The fourth-order valence-corrected chi connectivity index (χ4v) is 1.30. The third kappa shape index (κ3) is 9.38. The van der Waals surface area contributed by atoms with Crippen LogP contribution in [0.5, 0.6) is 0 Å². The summed E-state index contributed by atoms with van der Waals surface area (Å²) in [4.78, 5) is 11.0. The minimum absolute atomic E-state index is 0.151. The molecule has 0 rings (SSSR count). The smallest absolute Gasteiger partial charge is 0.220 e. The van der Waals surface area contributed by atoms with Crippen molar-refractivity contribution >= 4 is 5.91 Å². The lowest BCUT2D eigenvalue weighted by Crippen LogP contribution is -2.18. The summed E-state index contributed by atoms with van der Waals surface area (Å²) in [6.45, 7) is 5.74. The van der Waals surface area contributed by atoms with E-state index >= 15 is 0 Å². The molecule has 0 atom stereocenters. The molecule has 0 saturated heterocycles. The Morgan fingerprint density at radius 2 is 1.77 bits per heavy atom. The maximum absolute atomic E-state index is 11.0. The van der Waals surface area contributed by atoms with Crippen LogP contribution in [0.4, 0.5) is 0 Å². The molecular formula is C11H22NO. The zero-order chi connectivity index (χ0) is 9.94. The van der Waals surface area contributed by atoms with Crippen LogP contribution in [-0.2, 0) is 4.79 Å². The third-order valence-electron chi connectivity index (χ3n) is 2.06. The highest BCUT2D eigenvalue weighted by molar-refractivity contribution is 5.76. The molecule has 0 aliphatic carbocycles. The Balaban J connectivity index is 3.02. The van der Waals surface area contributed by atoms with Gasteiger partial charge in [0.25, 0.3) is 0 Å². The van der Waals surface area contributed by atoms with E-state index in [9.17, 15) is 4.79 Å². The van der Waals surface area contributed by atoms with Gasteiger partial charge in [0.15, 0.2) is 0 Å². The van der Waals surface area contributed by atoms with Gasteiger partial charge < -0.3 is 5.32 Å². The highest BCUT2D eigenvalue weighted by atomic mass is 16.1. The minimum Gasteiger partial charge on any atom is -0.352 e. The molecule has 1 N–H and O–H groups in total. The minimum atomic E-state index is 0.151. The Kier molecular flexibility index (Phi) is 9.17. The van der Waals surface area contributed by atoms with E-state index in [2.05, 4.69) is 12.2 Å². The van der Waals surface area contributed by atoms with Gasteiger partial charge in [-0.2, -0.15) is 0 Å². The summed E-state index contributed by atoms with van der Waals surface area (Å²) < 4.78 is 0. The van der Waals surface area contributed by atoms with E-state index in [0.29, 0.717) is 6.42 Å². The van der Waals surface area contributed by atoms with Crippen LogP contribution in [0.25, 0.3) is 0 Å². The first-order valence-electron chi connectivity index (χ1n) is 5.38. The van der Waals surface area contributed by atoms with Gasteiger partial charge in [-0.1, -0.05) is 39.0 Å². The summed E-state index contributed by atoms with van der Waals surface area (Å²) in [7, 11) is 0. The van der Waals surface area contributed by atoms with Crippen LogP contribution < -0.4 is 5.32 Å². The molecule has 0 aromatic rings. The highest BCUT2D eigenvalue weighted by Gasteiger charge is 1.97. The Labute approximate surface area is 82.1 Å². The number of carbonyl (C=O) groups excluding carboxylic acids is 1. The lowest BCUT2D eigenvalue weighted by Gasteiger charge is -2.01. The van der Waals surface area contributed by atoms with Crippen molar-refractivity contribution in [3.63, 3.8) is 0 Å². The first kappa shape index (κ1) is 12.5. The second kappa shape index (κ2) is 9.56.